The average molecular weight is 274 g/mol. The number of hydrogen-bond acceptors (Lipinski definition) is 3. The van der Waals surface area contributed by atoms with Crippen molar-refractivity contribution < 1.29 is 4.79 Å². The maximum Gasteiger partial charge on any atom is 0.253 e. The highest BCUT2D eigenvalue weighted by molar-refractivity contribution is 7.98. The number of nitrogens with one attached hydrogen (secondary N) is 1. The Hall–Kier alpha value is -1.47. The number of nitriles is 1. The Morgan fingerprint density at radius 2 is 2.00 bits per heavy atom. The number of carbonyl (C=O) groups excluding carboxylic acids is 1. The van der Waals surface area contributed by atoms with Crippen molar-refractivity contribution in [2.45, 2.75) is 42.5 Å². The molecule has 1 N–H and O–H groups in total. The van der Waals surface area contributed by atoms with Crippen molar-refractivity contribution in [1.29, 1.82) is 5.26 Å². The van der Waals surface area contributed by atoms with Gasteiger partial charge in [-0.15, -0.1) is 11.8 Å². The minimum atomic E-state index is -0.666. The molecule has 1 aromatic rings. The fraction of sp³-hybridized carbons (Fsp3) is 0.467. The van der Waals surface area contributed by atoms with Gasteiger partial charge in [-0.2, -0.15) is 5.26 Å². The van der Waals surface area contributed by atoms with E-state index in [9.17, 15) is 10.1 Å². The molecule has 0 bridgehead atoms. The van der Waals surface area contributed by atoms with Gasteiger partial charge in [-0.05, 0) is 31.2 Å². The minimum Gasteiger partial charge on any atom is -0.334 e. The first-order valence-electron chi connectivity index (χ1n) is 6.57. The smallest absolute Gasteiger partial charge is 0.253 e. The fourth-order valence-corrected chi connectivity index (χ4v) is 3.13. The van der Waals surface area contributed by atoms with E-state index in [-0.39, 0.29) is 5.91 Å². The second-order valence-electron chi connectivity index (χ2n) is 4.91. The first-order valence-corrected chi connectivity index (χ1v) is 7.80. The highest BCUT2D eigenvalue weighted by Gasteiger charge is 2.34. The Kier molecular flexibility index (Phi) is 4.49. The van der Waals surface area contributed by atoms with E-state index in [4.69, 9.17) is 0 Å². The van der Waals surface area contributed by atoms with Gasteiger partial charge in [0.2, 0.25) is 0 Å². The van der Waals surface area contributed by atoms with Crippen molar-refractivity contribution in [3.63, 3.8) is 0 Å². The van der Waals surface area contributed by atoms with Crippen LogP contribution in [0.15, 0.2) is 29.2 Å². The maximum absolute atomic E-state index is 12.4. The number of rotatable bonds is 3. The molecule has 0 saturated heterocycles. The standard InChI is InChI=1S/C15H18N2OS/c1-19-13-8-4-3-7-12(13)14(18)17-15(11-16)9-5-2-6-10-15/h3-4,7-8H,2,5-6,9-10H2,1H3,(H,17,18). The normalized spacial score (nSPS) is 17.5. The molecule has 3 nitrogen and oxygen atoms in total. The third kappa shape index (κ3) is 3.10. The van der Waals surface area contributed by atoms with Crippen LogP contribution in [0.5, 0.6) is 0 Å². The van der Waals surface area contributed by atoms with Gasteiger partial charge >= 0.3 is 0 Å². The van der Waals surface area contributed by atoms with Gasteiger partial charge < -0.3 is 5.32 Å². The molecule has 0 heterocycles. The lowest BCUT2D eigenvalue weighted by molar-refractivity contribution is 0.0899. The summed E-state index contributed by atoms with van der Waals surface area (Å²) in [6, 6.07) is 9.84. The quantitative estimate of drug-likeness (QED) is 0.860. The van der Waals surface area contributed by atoms with Crippen LogP contribution in [0.4, 0.5) is 0 Å². The van der Waals surface area contributed by atoms with Crippen molar-refractivity contribution in [3.05, 3.63) is 29.8 Å². The maximum atomic E-state index is 12.4. The van der Waals surface area contributed by atoms with Crippen molar-refractivity contribution >= 4 is 17.7 Å². The van der Waals surface area contributed by atoms with Crippen LogP contribution in [-0.2, 0) is 0 Å². The predicted molar refractivity (Wildman–Crippen MR) is 77.1 cm³/mol. The highest BCUT2D eigenvalue weighted by atomic mass is 32.2. The molecule has 1 aliphatic rings. The number of nitrogens with zero attached hydrogens (tertiary/aromatic N) is 1. The lowest BCUT2D eigenvalue weighted by atomic mass is 9.82. The number of benzene rings is 1. The molecule has 2 rings (SSSR count). The SMILES string of the molecule is CSc1ccccc1C(=O)NC1(C#N)CCCCC1. The zero-order valence-corrected chi connectivity index (χ0v) is 11.9. The number of thioether (sulfide) groups is 1. The first-order chi connectivity index (χ1) is 9.21. The molecular weight excluding hydrogens is 256 g/mol. The van der Waals surface area contributed by atoms with Crippen LogP contribution < -0.4 is 5.32 Å². The lowest BCUT2D eigenvalue weighted by Crippen LogP contribution is -2.48. The molecule has 1 aromatic carbocycles. The second-order valence-corrected chi connectivity index (χ2v) is 5.76. The van der Waals surface area contributed by atoms with E-state index in [2.05, 4.69) is 11.4 Å². The van der Waals surface area contributed by atoms with Crippen LogP contribution in [-0.4, -0.2) is 17.7 Å². The van der Waals surface area contributed by atoms with Gasteiger partial charge in [-0.1, -0.05) is 31.4 Å². The zero-order valence-electron chi connectivity index (χ0n) is 11.1. The molecule has 0 aliphatic heterocycles. The molecule has 0 aromatic heterocycles. The monoisotopic (exact) mass is 274 g/mol. The number of carbonyl (C=O) groups is 1. The highest BCUT2D eigenvalue weighted by Crippen LogP contribution is 2.28. The van der Waals surface area contributed by atoms with Gasteiger partial charge in [-0.25, -0.2) is 0 Å². The summed E-state index contributed by atoms with van der Waals surface area (Å²) in [6.45, 7) is 0. The summed E-state index contributed by atoms with van der Waals surface area (Å²) < 4.78 is 0. The topological polar surface area (TPSA) is 52.9 Å². The van der Waals surface area contributed by atoms with Crippen molar-refractivity contribution in [3.8, 4) is 6.07 Å². The average Bonchev–Trinajstić information content (AvgIpc) is 2.48. The molecule has 1 amide bonds. The molecule has 4 heteroatoms. The summed E-state index contributed by atoms with van der Waals surface area (Å²) in [5.74, 6) is -0.131. The van der Waals surface area contributed by atoms with Crippen LogP contribution in [0.1, 0.15) is 42.5 Å². The van der Waals surface area contributed by atoms with Gasteiger partial charge in [0.05, 0.1) is 11.6 Å². The Morgan fingerprint density at radius 3 is 2.63 bits per heavy atom. The van der Waals surface area contributed by atoms with Gasteiger partial charge in [0, 0.05) is 4.90 Å². The molecule has 1 aliphatic carbocycles. The Labute approximate surface area is 118 Å². The van der Waals surface area contributed by atoms with Crippen LogP contribution >= 0.6 is 11.8 Å². The van der Waals surface area contributed by atoms with E-state index in [0.29, 0.717) is 5.56 Å². The van der Waals surface area contributed by atoms with Gasteiger partial charge in [0.15, 0.2) is 0 Å². The van der Waals surface area contributed by atoms with Gasteiger partial charge in [0.25, 0.3) is 5.91 Å². The first kappa shape index (κ1) is 14.0. The summed E-state index contributed by atoms with van der Waals surface area (Å²) in [7, 11) is 0. The molecule has 0 unspecified atom stereocenters. The summed E-state index contributed by atoms with van der Waals surface area (Å²) in [4.78, 5) is 13.3. The fourth-order valence-electron chi connectivity index (χ4n) is 2.54. The van der Waals surface area contributed by atoms with E-state index in [0.717, 1.165) is 37.0 Å². The second kappa shape index (κ2) is 6.12. The van der Waals surface area contributed by atoms with Crippen LogP contribution in [0.25, 0.3) is 0 Å². The van der Waals surface area contributed by atoms with Gasteiger partial charge in [-0.3, -0.25) is 4.79 Å². The van der Waals surface area contributed by atoms with E-state index < -0.39 is 5.54 Å². The van der Waals surface area contributed by atoms with Crippen molar-refractivity contribution in [2.24, 2.45) is 0 Å². The van der Waals surface area contributed by atoms with Crippen LogP contribution in [0.2, 0.25) is 0 Å². The predicted octanol–water partition coefficient (Wildman–Crippen LogP) is 3.36. The lowest BCUT2D eigenvalue weighted by Gasteiger charge is -2.31. The van der Waals surface area contributed by atoms with Crippen LogP contribution in [0.3, 0.4) is 0 Å². The van der Waals surface area contributed by atoms with E-state index in [1.807, 2.05) is 30.5 Å². The van der Waals surface area contributed by atoms with Gasteiger partial charge in [0.1, 0.15) is 5.54 Å². The zero-order chi connectivity index (χ0) is 13.7. The van der Waals surface area contributed by atoms with E-state index in [1.54, 1.807) is 11.8 Å². The third-order valence-electron chi connectivity index (χ3n) is 3.63. The Bertz CT molecular complexity index is 501. The summed E-state index contributed by atoms with van der Waals surface area (Å²) >= 11 is 1.55. The molecule has 1 fully saturated rings. The van der Waals surface area contributed by atoms with Crippen molar-refractivity contribution in [2.75, 3.05) is 6.26 Å². The molecule has 0 spiro atoms. The Balaban J connectivity index is 2.18. The van der Waals surface area contributed by atoms with Crippen molar-refractivity contribution in [1.82, 2.24) is 5.32 Å². The molecule has 1 saturated carbocycles. The molecule has 0 radical (unpaired) electrons. The summed E-state index contributed by atoms with van der Waals surface area (Å²) in [5.41, 5.74) is -0.00360. The number of hydrogen-bond donors (Lipinski definition) is 1. The molecule has 19 heavy (non-hydrogen) atoms. The molecule has 0 atom stereocenters. The summed E-state index contributed by atoms with van der Waals surface area (Å²) in [6.07, 6.45) is 6.65. The van der Waals surface area contributed by atoms with E-state index >= 15 is 0 Å². The molecular formula is C15H18N2OS. The largest absolute Gasteiger partial charge is 0.334 e. The number of amides is 1. The minimum absolute atomic E-state index is 0.131. The molecule has 100 valence electrons. The third-order valence-corrected chi connectivity index (χ3v) is 4.42. The summed E-state index contributed by atoms with van der Waals surface area (Å²) in [5, 5.41) is 12.4. The Morgan fingerprint density at radius 1 is 1.32 bits per heavy atom. The van der Waals surface area contributed by atoms with E-state index in [1.165, 1.54) is 0 Å². The van der Waals surface area contributed by atoms with Crippen LogP contribution in [0, 0.1) is 11.3 Å².